The summed E-state index contributed by atoms with van der Waals surface area (Å²) in [6, 6.07) is 6.35. The van der Waals surface area contributed by atoms with Gasteiger partial charge in [0.1, 0.15) is 5.52 Å². The van der Waals surface area contributed by atoms with Crippen LogP contribution in [0.4, 0.5) is 4.79 Å². The van der Waals surface area contributed by atoms with Gasteiger partial charge in [0, 0.05) is 0 Å². The van der Waals surface area contributed by atoms with E-state index >= 15 is 0 Å². The third kappa shape index (κ3) is 3.16. The van der Waals surface area contributed by atoms with Crippen molar-refractivity contribution in [3.8, 4) is 0 Å². The SMILES string of the molecule is O=C(O)n1c(=O)oc2ccccc21.O[C@H]1CC=CCC1. The number of aliphatic hydroxyl groups is 1. The summed E-state index contributed by atoms with van der Waals surface area (Å²) in [7, 11) is 0. The molecule has 6 nitrogen and oxygen atoms in total. The molecule has 0 saturated heterocycles. The molecule has 2 N–H and O–H groups in total. The van der Waals surface area contributed by atoms with Gasteiger partial charge in [-0.2, -0.15) is 4.57 Å². The Bertz CT molecular complexity index is 682. The van der Waals surface area contributed by atoms with E-state index in [0.717, 1.165) is 19.3 Å². The van der Waals surface area contributed by atoms with Gasteiger partial charge in [-0.05, 0) is 31.4 Å². The Morgan fingerprint density at radius 2 is 2.05 bits per heavy atom. The highest BCUT2D eigenvalue weighted by Crippen LogP contribution is 2.10. The molecule has 106 valence electrons. The lowest BCUT2D eigenvalue weighted by atomic mass is 10.1. The normalized spacial score (nSPS) is 17.6. The van der Waals surface area contributed by atoms with Crippen molar-refractivity contribution in [2.24, 2.45) is 0 Å². The van der Waals surface area contributed by atoms with Crippen LogP contribution in [0.2, 0.25) is 0 Å². The first kappa shape index (κ1) is 14.1. The molecule has 1 heterocycles. The van der Waals surface area contributed by atoms with Crippen LogP contribution < -0.4 is 5.76 Å². The van der Waals surface area contributed by atoms with Gasteiger partial charge in [-0.15, -0.1) is 0 Å². The van der Waals surface area contributed by atoms with Gasteiger partial charge < -0.3 is 14.6 Å². The van der Waals surface area contributed by atoms with Crippen LogP contribution in [-0.4, -0.2) is 27.0 Å². The summed E-state index contributed by atoms with van der Waals surface area (Å²) in [5.41, 5.74) is 0.537. The molecule has 0 fully saturated rings. The second-order valence-electron chi connectivity index (χ2n) is 4.39. The third-order valence-electron chi connectivity index (χ3n) is 2.92. The van der Waals surface area contributed by atoms with Crippen molar-refractivity contribution in [1.82, 2.24) is 4.57 Å². The molecule has 0 radical (unpaired) electrons. The minimum atomic E-state index is -1.34. The van der Waals surface area contributed by atoms with Gasteiger partial charge in [0.2, 0.25) is 0 Å². The number of hydrogen-bond donors (Lipinski definition) is 2. The van der Waals surface area contributed by atoms with Gasteiger partial charge in [-0.1, -0.05) is 24.3 Å². The number of allylic oxidation sites excluding steroid dienone is 1. The zero-order chi connectivity index (χ0) is 14.5. The number of carbonyl (C=O) groups is 1. The largest absolute Gasteiger partial charge is 0.464 e. The first-order chi connectivity index (χ1) is 9.59. The van der Waals surface area contributed by atoms with Gasteiger partial charge in [-0.3, -0.25) is 0 Å². The van der Waals surface area contributed by atoms with Crippen LogP contribution in [0.25, 0.3) is 11.1 Å². The number of aliphatic hydroxyl groups excluding tert-OH is 1. The molecule has 1 aliphatic carbocycles. The summed E-state index contributed by atoms with van der Waals surface area (Å²) in [6.07, 6.45) is 5.64. The molecule has 0 aliphatic heterocycles. The molecule has 0 unspecified atom stereocenters. The minimum absolute atomic E-state index is 0.0509. The monoisotopic (exact) mass is 277 g/mol. The summed E-state index contributed by atoms with van der Waals surface area (Å²) >= 11 is 0. The van der Waals surface area contributed by atoms with E-state index in [2.05, 4.69) is 10.5 Å². The zero-order valence-corrected chi connectivity index (χ0v) is 10.7. The highest BCUT2D eigenvalue weighted by Gasteiger charge is 2.13. The van der Waals surface area contributed by atoms with Gasteiger partial charge >= 0.3 is 11.8 Å². The van der Waals surface area contributed by atoms with Crippen LogP contribution in [0.15, 0.2) is 45.6 Å². The maximum absolute atomic E-state index is 11.0. The summed E-state index contributed by atoms with van der Waals surface area (Å²) in [4.78, 5) is 21.6. The van der Waals surface area contributed by atoms with Crippen molar-refractivity contribution in [3.63, 3.8) is 0 Å². The fraction of sp³-hybridized carbons (Fsp3) is 0.286. The van der Waals surface area contributed by atoms with Gasteiger partial charge in [0.15, 0.2) is 5.58 Å². The van der Waals surface area contributed by atoms with E-state index < -0.39 is 11.8 Å². The number of oxazole rings is 1. The van der Waals surface area contributed by atoms with E-state index in [-0.39, 0.29) is 17.2 Å². The summed E-state index contributed by atoms with van der Waals surface area (Å²) in [6.45, 7) is 0. The highest BCUT2D eigenvalue weighted by atomic mass is 16.4. The number of benzene rings is 1. The number of aromatic nitrogens is 1. The summed E-state index contributed by atoms with van der Waals surface area (Å²) in [5, 5.41) is 17.5. The van der Waals surface area contributed by atoms with Crippen LogP contribution in [0.5, 0.6) is 0 Å². The molecular weight excluding hydrogens is 262 g/mol. The molecular formula is C14H15NO5. The average Bonchev–Trinajstić information content (AvgIpc) is 2.76. The lowest BCUT2D eigenvalue weighted by molar-refractivity contribution is 0.164. The number of nitrogens with zero attached hydrogens (tertiary/aromatic N) is 1. The van der Waals surface area contributed by atoms with E-state index in [4.69, 9.17) is 10.2 Å². The number of para-hydroxylation sites is 2. The van der Waals surface area contributed by atoms with Crippen LogP contribution in [0.3, 0.4) is 0 Å². The zero-order valence-electron chi connectivity index (χ0n) is 10.7. The van der Waals surface area contributed by atoms with Crippen molar-refractivity contribution in [2.45, 2.75) is 25.4 Å². The van der Waals surface area contributed by atoms with Gasteiger partial charge in [-0.25, -0.2) is 9.59 Å². The number of hydrogen-bond acceptors (Lipinski definition) is 4. The smallest absolute Gasteiger partial charge is 0.429 e. The molecule has 1 aromatic carbocycles. The second kappa shape index (κ2) is 6.21. The molecule has 2 aromatic rings. The molecule has 0 bridgehead atoms. The van der Waals surface area contributed by atoms with Gasteiger partial charge in [0.25, 0.3) is 0 Å². The van der Waals surface area contributed by atoms with Crippen molar-refractivity contribution >= 4 is 17.2 Å². The molecule has 3 rings (SSSR count). The molecule has 0 spiro atoms. The Labute approximate surface area is 114 Å². The Kier molecular flexibility index (Phi) is 4.37. The van der Waals surface area contributed by atoms with E-state index in [9.17, 15) is 9.59 Å². The first-order valence-electron chi connectivity index (χ1n) is 6.26. The third-order valence-corrected chi connectivity index (χ3v) is 2.92. The van der Waals surface area contributed by atoms with Gasteiger partial charge in [0.05, 0.1) is 6.10 Å². The van der Waals surface area contributed by atoms with Crippen molar-refractivity contribution < 1.29 is 19.4 Å². The molecule has 20 heavy (non-hydrogen) atoms. The Balaban J connectivity index is 0.000000178. The summed E-state index contributed by atoms with van der Waals surface area (Å²) in [5.74, 6) is -0.881. The maximum Gasteiger partial charge on any atom is 0.429 e. The maximum atomic E-state index is 11.0. The topological polar surface area (TPSA) is 92.7 Å². The number of fused-ring (bicyclic) bond motifs is 1. The number of rotatable bonds is 0. The fourth-order valence-electron chi connectivity index (χ4n) is 1.93. The predicted molar refractivity (Wildman–Crippen MR) is 72.9 cm³/mol. The second-order valence-corrected chi connectivity index (χ2v) is 4.39. The Morgan fingerprint density at radius 3 is 2.60 bits per heavy atom. The van der Waals surface area contributed by atoms with Crippen LogP contribution in [-0.2, 0) is 0 Å². The Hall–Kier alpha value is -2.34. The van der Waals surface area contributed by atoms with E-state index in [1.165, 1.54) is 12.1 Å². The lowest BCUT2D eigenvalue weighted by Crippen LogP contribution is -2.20. The van der Waals surface area contributed by atoms with E-state index in [1.54, 1.807) is 12.1 Å². The lowest BCUT2D eigenvalue weighted by Gasteiger charge is -2.08. The average molecular weight is 277 g/mol. The molecule has 1 atom stereocenters. The first-order valence-corrected chi connectivity index (χ1v) is 6.26. The standard InChI is InChI=1S/C8H5NO4.C6H10O/c10-7(11)9-5-3-1-2-4-6(5)13-8(9)12;7-6-4-2-1-3-5-6/h1-4H,(H,10,11);1-2,6-7H,3-5H2/t;6-/m.0/s1. The fourth-order valence-corrected chi connectivity index (χ4v) is 1.93. The van der Waals surface area contributed by atoms with E-state index in [1.807, 2.05) is 6.08 Å². The molecule has 0 amide bonds. The number of carboxylic acid groups (broad SMARTS) is 1. The molecule has 1 aliphatic rings. The van der Waals surface area contributed by atoms with Crippen molar-refractivity contribution in [2.75, 3.05) is 0 Å². The van der Waals surface area contributed by atoms with E-state index in [0.29, 0.717) is 4.57 Å². The molecule has 0 saturated carbocycles. The van der Waals surface area contributed by atoms with Crippen molar-refractivity contribution in [1.29, 1.82) is 0 Å². The molecule has 6 heteroatoms. The summed E-state index contributed by atoms with van der Waals surface area (Å²) < 4.78 is 5.25. The minimum Gasteiger partial charge on any atom is -0.464 e. The molecule has 1 aromatic heterocycles. The van der Waals surface area contributed by atoms with Crippen LogP contribution in [0.1, 0.15) is 19.3 Å². The Morgan fingerprint density at radius 1 is 1.30 bits per heavy atom. The highest BCUT2D eigenvalue weighted by molar-refractivity contribution is 5.83. The van der Waals surface area contributed by atoms with Crippen molar-refractivity contribution in [3.05, 3.63) is 47.0 Å². The quantitative estimate of drug-likeness (QED) is 0.720. The van der Waals surface area contributed by atoms with Crippen LogP contribution >= 0.6 is 0 Å². The predicted octanol–water partition coefficient (Wildman–Crippen LogP) is 2.21. The van der Waals surface area contributed by atoms with Crippen LogP contribution in [0, 0.1) is 0 Å².